The van der Waals surface area contributed by atoms with Crippen LogP contribution in [0.5, 0.6) is 0 Å². The zero-order valence-electron chi connectivity index (χ0n) is 17.3. The lowest BCUT2D eigenvalue weighted by Crippen LogP contribution is -2.42. The Morgan fingerprint density at radius 2 is 1.73 bits per heavy atom. The van der Waals surface area contributed by atoms with E-state index in [4.69, 9.17) is 14.2 Å². The molecular formula is C20H26N2O7S. The highest BCUT2D eigenvalue weighted by molar-refractivity contribution is 7.89. The van der Waals surface area contributed by atoms with Crippen molar-refractivity contribution in [3.05, 3.63) is 35.5 Å². The number of methoxy groups -OCH3 is 2. The summed E-state index contributed by atoms with van der Waals surface area (Å²) in [5.41, 5.74) is 0.535. The van der Waals surface area contributed by atoms with Crippen molar-refractivity contribution in [2.24, 2.45) is 0 Å². The number of hydrogen-bond donors (Lipinski definition) is 0. The smallest absolute Gasteiger partial charge is 0.355 e. The highest BCUT2D eigenvalue weighted by Crippen LogP contribution is 2.30. The standard InChI is InChI=1S/C20H26N2O7S/c1-14-6-4-5-11-22(14)30(25,26)16-9-7-15(8-10-16)21-13-29-12-17(19(23)27-2)18(21)20(24)28-3/h7-10,14H,4-6,11-13H2,1-3H3. The van der Waals surface area contributed by atoms with Crippen LogP contribution in [0.1, 0.15) is 26.2 Å². The molecule has 2 aliphatic heterocycles. The Kier molecular flexibility index (Phi) is 6.79. The van der Waals surface area contributed by atoms with Gasteiger partial charge >= 0.3 is 11.9 Å². The van der Waals surface area contributed by atoms with Crippen LogP contribution in [-0.2, 0) is 33.8 Å². The van der Waals surface area contributed by atoms with Crippen molar-refractivity contribution in [1.29, 1.82) is 0 Å². The Morgan fingerprint density at radius 1 is 1.07 bits per heavy atom. The molecule has 1 fully saturated rings. The number of benzene rings is 1. The van der Waals surface area contributed by atoms with Crippen LogP contribution in [0.15, 0.2) is 40.4 Å². The molecule has 1 saturated heterocycles. The van der Waals surface area contributed by atoms with Crippen molar-refractivity contribution < 1.29 is 32.2 Å². The largest absolute Gasteiger partial charge is 0.466 e. The first-order chi connectivity index (χ1) is 14.3. The maximum absolute atomic E-state index is 13.0. The van der Waals surface area contributed by atoms with Crippen molar-refractivity contribution >= 4 is 27.6 Å². The molecule has 1 aromatic carbocycles. The molecular weight excluding hydrogens is 412 g/mol. The molecule has 9 nitrogen and oxygen atoms in total. The quantitative estimate of drug-likeness (QED) is 0.640. The van der Waals surface area contributed by atoms with Gasteiger partial charge in [0, 0.05) is 18.3 Å². The van der Waals surface area contributed by atoms with Crippen LogP contribution in [0.25, 0.3) is 0 Å². The molecule has 0 aliphatic carbocycles. The van der Waals surface area contributed by atoms with Gasteiger partial charge in [-0.1, -0.05) is 6.42 Å². The third-order valence-electron chi connectivity index (χ3n) is 5.33. The Bertz CT molecular complexity index is 940. The van der Waals surface area contributed by atoms with E-state index in [0.717, 1.165) is 19.3 Å². The lowest BCUT2D eigenvalue weighted by Gasteiger charge is -2.33. The average Bonchev–Trinajstić information content (AvgIpc) is 2.77. The molecule has 3 rings (SSSR count). The number of hydrogen-bond acceptors (Lipinski definition) is 8. The molecule has 0 amide bonds. The van der Waals surface area contributed by atoms with E-state index in [1.54, 1.807) is 12.1 Å². The van der Waals surface area contributed by atoms with Gasteiger partial charge in [-0.05, 0) is 44.0 Å². The van der Waals surface area contributed by atoms with Gasteiger partial charge in [0.1, 0.15) is 12.4 Å². The first-order valence-electron chi connectivity index (χ1n) is 9.68. The molecule has 0 spiro atoms. The predicted molar refractivity (Wildman–Crippen MR) is 108 cm³/mol. The number of nitrogens with zero attached hydrogens (tertiary/aromatic N) is 2. The Labute approximate surface area is 176 Å². The van der Waals surface area contributed by atoms with E-state index in [1.807, 2.05) is 6.92 Å². The van der Waals surface area contributed by atoms with Gasteiger partial charge in [-0.15, -0.1) is 0 Å². The van der Waals surface area contributed by atoms with E-state index in [-0.39, 0.29) is 35.5 Å². The Balaban J connectivity index is 1.94. The van der Waals surface area contributed by atoms with E-state index in [9.17, 15) is 18.0 Å². The van der Waals surface area contributed by atoms with Crippen molar-refractivity contribution in [3.63, 3.8) is 0 Å². The van der Waals surface area contributed by atoms with E-state index in [2.05, 4.69) is 0 Å². The molecule has 10 heteroatoms. The number of carbonyl (C=O) groups is 2. The SMILES string of the molecule is COC(=O)C1=C(C(=O)OC)N(c2ccc(S(=O)(=O)N3CCCCC3C)cc2)COC1. The molecule has 1 atom stereocenters. The maximum Gasteiger partial charge on any atom is 0.355 e. The number of sulfonamides is 1. The number of ether oxygens (including phenoxy) is 3. The highest BCUT2D eigenvalue weighted by atomic mass is 32.2. The Morgan fingerprint density at radius 3 is 2.33 bits per heavy atom. The van der Waals surface area contributed by atoms with Gasteiger partial charge in [-0.3, -0.25) is 0 Å². The maximum atomic E-state index is 13.0. The van der Waals surface area contributed by atoms with Crippen LogP contribution in [0, 0.1) is 0 Å². The van der Waals surface area contributed by atoms with Crippen molar-refractivity contribution in [2.45, 2.75) is 37.1 Å². The Hall–Kier alpha value is -2.43. The molecule has 0 bridgehead atoms. The van der Waals surface area contributed by atoms with Crippen LogP contribution >= 0.6 is 0 Å². The normalized spacial score (nSPS) is 20.8. The number of anilines is 1. The first-order valence-corrected chi connectivity index (χ1v) is 11.1. The second kappa shape index (κ2) is 9.15. The fourth-order valence-corrected chi connectivity index (χ4v) is 5.41. The highest BCUT2D eigenvalue weighted by Gasteiger charge is 2.34. The third kappa shape index (κ3) is 4.21. The summed E-state index contributed by atoms with van der Waals surface area (Å²) in [7, 11) is -1.19. The molecule has 164 valence electrons. The summed E-state index contributed by atoms with van der Waals surface area (Å²) < 4.78 is 42.6. The number of rotatable bonds is 5. The van der Waals surface area contributed by atoms with Gasteiger partial charge in [0.05, 0.1) is 31.3 Å². The second-order valence-corrected chi connectivity index (χ2v) is 9.06. The molecule has 0 N–H and O–H groups in total. The average molecular weight is 439 g/mol. The van der Waals surface area contributed by atoms with Crippen molar-refractivity contribution in [1.82, 2.24) is 4.31 Å². The third-order valence-corrected chi connectivity index (χ3v) is 7.36. The molecule has 2 heterocycles. The zero-order valence-corrected chi connectivity index (χ0v) is 18.1. The van der Waals surface area contributed by atoms with Gasteiger partial charge < -0.3 is 19.1 Å². The molecule has 0 radical (unpaired) electrons. The van der Waals surface area contributed by atoms with Crippen molar-refractivity contribution in [2.75, 3.05) is 39.0 Å². The molecule has 1 aromatic rings. The van der Waals surface area contributed by atoms with Crippen LogP contribution in [0.2, 0.25) is 0 Å². The van der Waals surface area contributed by atoms with Crippen molar-refractivity contribution in [3.8, 4) is 0 Å². The fourth-order valence-electron chi connectivity index (χ4n) is 3.71. The second-order valence-electron chi connectivity index (χ2n) is 7.17. The predicted octanol–water partition coefficient (Wildman–Crippen LogP) is 1.64. The van der Waals surface area contributed by atoms with Gasteiger partial charge in [0.15, 0.2) is 0 Å². The van der Waals surface area contributed by atoms with E-state index in [1.165, 1.54) is 35.6 Å². The minimum atomic E-state index is -3.62. The molecule has 1 unspecified atom stereocenters. The van der Waals surface area contributed by atoms with Gasteiger partial charge in [0.2, 0.25) is 10.0 Å². The summed E-state index contributed by atoms with van der Waals surface area (Å²) in [5, 5.41) is 0. The minimum Gasteiger partial charge on any atom is -0.466 e. The lowest BCUT2D eigenvalue weighted by atomic mass is 10.1. The van der Waals surface area contributed by atoms with Gasteiger partial charge in [-0.25, -0.2) is 18.0 Å². The lowest BCUT2D eigenvalue weighted by molar-refractivity contribution is -0.140. The van der Waals surface area contributed by atoms with Crippen LogP contribution in [-0.4, -0.2) is 64.8 Å². The summed E-state index contributed by atoms with van der Waals surface area (Å²) in [6.07, 6.45) is 2.70. The van der Waals surface area contributed by atoms with E-state index < -0.39 is 22.0 Å². The first kappa shape index (κ1) is 22.3. The molecule has 0 saturated carbocycles. The van der Waals surface area contributed by atoms with E-state index in [0.29, 0.717) is 12.2 Å². The number of esters is 2. The summed E-state index contributed by atoms with van der Waals surface area (Å²) >= 11 is 0. The summed E-state index contributed by atoms with van der Waals surface area (Å²) in [4.78, 5) is 26.1. The van der Waals surface area contributed by atoms with Crippen LogP contribution in [0.4, 0.5) is 5.69 Å². The van der Waals surface area contributed by atoms with E-state index >= 15 is 0 Å². The summed E-state index contributed by atoms with van der Waals surface area (Å²) in [5.74, 6) is -1.41. The minimum absolute atomic E-state index is 0.000182. The molecule has 30 heavy (non-hydrogen) atoms. The monoisotopic (exact) mass is 438 g/mol. The summed E-state index contributed by atoms with van der Waals surface area (Å²) in [6, 6.07) is 6.10. The molecule has 0 aromatic heterocycles. The number of piperidine rings is 1. The zero-order chi connectivity index (χ0) is 21.9. The van der Waals surface area contributed by atoms with Gasteiger partial charge in [0.25, 0.3) is 0 Å². The van der Waals surface area contributed by atoms with Crippen LogP contribution in [0.3, 0.4) is 0 Å². The number of carbonyl (C=O) groups excluding carboxylic acids is 2. The fraction of sp³-hybridized carbons (Fsp3) is 0.500. The summed E-state index contributed by atoms with van der Waals surface area (Å²) in [6.45, 7) is 2.33. The van der Waals surface area contributed by atoms with Crippen LogP contribution < -0.4 is 4.90 Å². The molecule has 2 aliphatic rings. The van der Waals surface area contributed by atoms with Gasteiger partial charge in [-0.2, -0.15) is 4.31 Å². The topological polar surface area (TPSA) is 102 Å².